The van der Waals surface area contributed by atoms with Crippen molar-refractivity contribution < 1.29 is 4.74 Å². The van der Waals surface area contributed by atoms with Crippen LogP contribution in [-0.4, -0.2) is 19.1 Å². The topological polar surface area (TPSA) is 44.9 Å². The monoisotopic (exact) mass is 410 g/mol. The minimum Gasteiger partial charge on any atom is -0.457 e. The Morgan fingerprint density at radius 3 is 2.26 bits per heavy atom. The van der Waals surface area contributed by atoms with E-state index in [1.807, 2.05) is 12.4 Å². The summed E-state index contributed by atoms with van der Waals surface area (Å²) >= 11 is 0. The summed E-state index contributed by atoms with van der Waals surface area (Å²) in [5.41, 5.74) is 7.61. The van der Waals surface area contributed by atoms with Crippen molar-refractivity contribution >= 4 is 0 Å². The molecular weight excluding hydrogens is 384 g/mol. The summed E-state index contributed by atoms with van der Waals surface area (Å²) in [5, 5.41) is 0. The zero-order valence-corrected chi connectivity index (χ0v) is 18.4. The van der Waals surface area contributed by atoms with Crippen LogP contribution in [0.15, 0.2) is 49.1 Å². The number of benzene rings is 2. The van der Waals surface area contributed by atoms with E-state index < -0.39 is 0 Å². The zero-order valence-electron chi connectivity index (χ0n) is 18.4. The SMILES string of the molecule is Cc1cc(Oc2cc(C)c3c(c2)-c2nccn2C(C)(C)C3)cc2c1CCn1ccnc1-2. The lowest BCUT2D eigenvalue weighted by molar-refractivity contribution is 0.347. The van der Waals surface area contributed by atoms with Gasteiger partial charge in [0.2, 0.25) is 0 Å². The number of fused-ring (bicyclic) bond motifs is 6. The molecule has 2 aromatic carbocycles. The molecule has 0 saturated heterocycles. The van der Waals surface area contributed by atoms with Crippen LogP contribution in [-0.2, 0) is 24.9 Å². The Hall–Kier alpha value is -3.34. The summed E-state index contributed by atoms with van der Waals surface area (Å²) in [6.07, 6.45) is 9.92. The van der Waals surface area contributed by atoms with Crippen LogP contribution in [0.1, 0.15) is 36.1 Å². The summed E-state index contributed by atoms with van der Waals surface area (Å²) in [5.74, 6) is 3.75. The quantitative estimate of drug-likeness (QED) is 0.428. The molecule has 5 heteroatoms. The van der Waals surface area contributed by atoms with Gasteiger partial charge in [-0.05, 0) is 87.1 Å². The molecule has 2 aromatic heterocycles. The zero-order chi connectivity index (χ0) is 21.3. The Bertz CT molecular complexity index is 1340. The number of ether oxygens (including phenoxy) is 1. The highest BCUT2D eigenvalue weighted by Gasteiger charge is 2.32. The van der Waals surface area contributed by atoms with E-state index in [2.05, 4.69) is 83.5 Å². The third-order valence-electron chi connectivity index (χ3n) is 6.83. The van der Waals surface area contributed by atoms with Crippen molar-refractivity contribution in [1.29, 1.82) is 0 Å². The van der Waals surface area contributed by atoms with Crippen LogP contribution >= 0.6 is 0 Å². The molecule has 0 radical (unpaired) electrons. The highest BCUT2D eigenvalue weighted by atomic mass is 16.5. The maximum absolute atomic E-state index is 6.43. The van der Waals surface area contributed by atoms with Gasteiger partial charge in [-0.2, -0.15) is 0 Å². The predicted octanol–water partition coefficient (Wildman–Crippen LogP) is 5.67. The normalized spacial score (nSPS) is 15.6. The maximum atomic E-state index is 6.43. The average Bonchev–Trinajstić information content (AvgIpc) is 3.39. The third-order valence-corrected chi connectivity index (χ3v) is 6.83. The number of hydrogen-bond donors (Lipinski definition) is 0. The van der Waals surface area contributed by atoms with E-state index >= 15 is 0 Å². The van der Waals surface area contributed by atoms with Gasteiger partial charge < -0.3 is 13.9 Å². The average molecular weight is 411 g/mol. The predicted molar refractivity (Wildman–Crippen MR) is 122 cm³/mol. The van der Waals surface area contributed by atoms with Crippen molar-refractivity contribution in [3.8, 4) is 34.3 Å². The molecule has 5 nitrogen and oxygen atoms in total. The van der Waals surface area contributed by atoms with E-state index in [1.54, 1.807) is 0 Å². The van der Waals surface area contributed by atoms with Gasteiger partial charge >= 0.3 is 0 Å². The van der Waals surface area contributed by atoms with Gasteiger partial charge in [0.05, 0.1) is 0 Å². The van der Waals surface area contributed by atoms with E-state index in [-0.39, 0.29) is 5.54 Å². The molecular formula is C26H26N4O. The van der Waals surface area contributed by atoms with Crippen molar-refractivity contribution in [2.75, 3.05) is 0 Å². The van der Waals surface area contributed by atoms with E-state index in [1.165, 1.54) is 33.4 Å². The van der Waals surface area contributed by atoms with Crippen LogP contribution < -0.4 is 4.74 Å². The largest absolute Gasteiger partial charge is 0.457 e. The van der Waals surface area contributed by atoms with Gasteiger partial charge in [0.25, 0.3) is 0 Å². The van der Waals surface area contributed by atoms with Crippen molar-refractivity contribution in [3.63, 3.8) is 0 Å². The van der Waals surface area contributed by atoms with Gasteiger partial charge in [0.15, 0.2) is 0 Å². The Labute approximate surface area is 182 Å². The van der Waals surface area contributed by atoms with Gasteiger partial charge in [0, 0.05) is 48.0 Å². The first-order valence-electron chi connectivity index (χ1n) is 10.9. The van der Waals surface area contributed by atoms with Crippen molar-refractivity contribution in [1.82, 2.24) is 19.1 Å². The molecule has 0 fully saturated rings. The van der Waals surface area contributed by atoms with Crippen LogP contribution in [0, 0.1) is 13.8 Å². The maximum Gasteiger partial charge on any atom is 0.140 e. The molecule has 31 heavy (non-hydrogen) atoms. The molecule has 0 spiro atoms. The standard InChI is InChI=1S/C26H26N4O/c1-16-11-18(13-21-20(16)5-8-29-9-6-27-24(21)29)31-19-12-17(2)23-15-26(3,4)30-10-7-28-25(30)22(23)14-19/h6-7,9-14H,5,8,15H2,1-4H3. The third kappa shape index (κ3) is 2.76. The fraction of sp³-hybridized carbons (Fsp3) is 0.308. The molecule has 6 rings (SSSR count). The van der Waals surface area contributed by atoms with Crippen LogP contribution in [0.25, 0.3) is 22.8 Å². The lowest BCUT2D eigenvalue weighted by Crippen LogP contribution is -2.33. The molecule has 0 bridgehead atoms. The van der Waals surface area contributed by atoms with Crippen molar-refractivity contribution in [3.05, 3.63) is 71.3 Å². The van der Waals surface area contributed by atoms with Gasteiger partial charge in [-0.15, -0.1) is 0 Å². The first-order valence-corrected chi connectivity index (χ1v) is 10.9. The van der Waals surface area contributed by atoms with E-state index in [9.17, 15) is 0 Å². The van der Waals surface area contributed by atoms with E-state index in [0.29, 0.717) is 0 Å². The number of rotatable bonds is 2. The summed E-state index contributed by atoms with van der Waals surface area (Å²) in [7, 11) is 0. The van der Waals surface area contributed by atoms with Gasteiger partial charge in [0.1, 0.15) is 23.1 Å². The van der Waals surface area contributed by atoms with Crippen LogP contribution in [0.2, 0.25) is 0 Å². The first kappa shape index (κ1) is 18.4. The molecule has 4 heterocycles. The summed E-state index contributed by atoms with van der Waals surface area (Å²) in [4.78, 5) is 9.26. The molecule has 156 valence electrons. The molecule has 0 N–H and O–H groups in total. The molecule has 2 aliphatic heterocycles. The minimum atomic E-state index is 0.0173. The number of hydrogen-bond acceptors (Lipinski definition) is 3. The fourth-order valence-corrected chi connectivity index (χ4v) is 5.26. The van der Waals surface area contributed by atoms with Gasteiger partial charge in [-0.3, -0.25) is 0 Å². The first-order chi connectivity index (χ1) is 14.9. The van der Waals surface area contributed by atoms with Crippen molar-refractivity contribution in [2.24, 2.45) is 0 Å². The summed E-state index contributed by atoms with van der Waals surface area (Å²) in [6.45, 7) is 9.86. The smallest absolute Gasteiger partial charge is 0.140 e. The number of aromatic nitrogens is 4. The summed E-state index contributed by atoms with van der Waals surface area (Å²) < 4.78 is 10.9. The van der Waals surface area contributed by atoms with Gasteiger partial charge in [-0.1, -0.05) is 0 Å². The van der Waals surface area contributed by atoms with Crippen LogP contribution in [0.3, 0.4) is 0 Å². The minimum absolute atomic E-state index is 0.0173. The Morgan fingerprint density at radius 1 is 0.839 bits per heavy atom. The van der Waals surface area contributed by atoms with E-state index in [4.69, 9.17) is 4.74 Å². The Morgan fingerprint density at radius 2 is 1.48 bits per heavy atom. The van der Waals surface area contributed by atoms with Crippen LogP contribution in [0.4, 0.5) is 0 Å². The van der Waals surface area contributed by atoms with Gasteiger partial charge in [-0.25, -0.2) is 9.97 Å². The second-order valence-electron chi connectivity index (χ2n) is 9.44. The number of imidazole rings is 2. The molecule has 4 aromatic rings. The second kappa shape index (κ2) is 6.33. The lowest BCUT2D eigenvalue weighted by atomic mass is 9.85. The highest BCUT2D eigenvalue weighted by Crippen LogP contribution is 2.42. The number of aryl methyl sites for hydroxylation is 3. The Balaban J connectivity index is 1.42. The fourth-order valence-electron chi connectivity index (χ4n) is 5.26. The molecule has 2 aliphatic rings. The van der Waals surface area contributed by atoms with Crippen LogP contribution in [0.5, 0.6) is 11.5 Å². The van der Waals surface area contributed by atoms with E-state index in [0.717, 1.165) is 42.5 Å². The lowest BCUT2D eigenvalue weighted by Gasteiger charge is -2.35. The molecule has 0 aliphatic carbocycles. The molecule has 0 atom stereocenters. The Kier molecular flexibility index (Phi) is 3.76. The van der Waals surface area contributed by atoms with Crippen molar-refractivity contribution in [2.45, 2.75) is 52.6 Å². The second-order valence-corrected chi connectivity index (χ2v) is 9.44. The molecule has 0 saturated carbocycles. The molecule has 0 unspecified atom stereocenters. The molecule has 0 amide bonds. The highest BCUT2D eigenvalue weighted by molar-refractivity contribution is 5.69. The summed E-state index contributed by atoms with van der Waals surface area (Å²) in [6, 6.07) is 8.59. The number of nitrogens with zero attached hydrogens (tertiary/aromatic N) is 4.